The molecule has 19 heavy (non-hydrogen) atoms. The summed E-state index contributed by atoms with van der Waals surface area (Å²) in [6.45, 7) is 0.0706. The first-order valence-corrected chi connectivity index (χ1v) is 8.00. The fourth-order valence-electron chi connectivity index (χ4n) is 1.30. The van der Waals surface area contributed by atoms with Gasteiger partial charge in [0.2, 0.25) is 5.91 Å². The van der Waals surface area contributed by atoms with Crippen molar-refractivity contribution in [2.75, 3.05) is 36.3 Å². The van der Waals surface area contributed by atoms with Crippen molar-refractivity contribution in [1.82, 2.24) is 0 Å². The molecule has 1 aromatic carbocycles. The molecule has 0 aliphatic carbocycles. The largest absolute Gasteiger partial charge is 0.399 e. The minimum Gasteiger partial charge on any atom is -0.399 e. The number of carbonyl (C=O) groups is 1. The molecule has 0 aromatic heterocycles. The highest BCUT2D eigenvalue weighted by molar-refractivity contribution is 9.10. The fraction of sp³-hybridized carbons (Fsp3) is 0.364. The average molecular weight is 351 g/mol. The maximum atomic E-state index is 11.6. The third kappa shape index (κ3) is 5.58. The predicted octanol–water partition coefficient (Wildman–Crippen LogP) is 1.03. The van der Waals surface area contributed by atoms with E-state index in [4.69, 9.17) is 5.73 Å². The van der Waals surface area contributed by atoms with E-state index in [0.29, 0.717) is 15.8 Å². The summed E-state index contributed by atoms with van der Waals surface area (Å²) < 4.78 is 28.4. The van der Waals surface area contributed by atoms with Gasteiger partial charge < -0.3 is 15.8 Å². The van der Waals surface area contributed by atoms with Gasteiger partial charge in [-0.1, -0.05) is 0 Å². The van der Waals surface area contributed by atoms with Gasteiger partial charge in [0.15, 0.2) is 9.84 Å². The Bertz CT molecular complexity index is 560. The Balaban J connectivity index is 2.65. The van der Waals surface area contributed by atoms with Gasteiger partial charge >= 0.3 is 0 Å². The number of carbonyl (C=O) groups excluding carboxylic acids is 1. The minimum absolute atomic E-state index is 0.0706. The van der Waals surface area contributed by atoms with Gasteiger partial charge in [-0.2, -0.15) is 0 Å². The van der Waals surface area contributed by atoms with E-state index in [2.05, 4.69) is 26.0 Å². The van der Waals surface area contributed by atoms with Crippen LogP contribution in [-0.2, 0) is 19.4 Å². The van der Waals surface area contributed by atoms with Gasteiger partial charge in [0, 0.05) is 17.3 Å². The SMILES string of the molecule is COCCS(=O)(=O)CC(=O)Nc1ccc(N)cc1Br. The Morgan fingerprint density at radius 3 is 2.74 bits per heavy atom. The highest BCUT2D eigenvalue weighted by Crippen LogP contribution is 2.24. The van der Waals surface area contributed by atoms with E-state index in [-0.39, 0.29) is 12.4 Å². The standard InChI is InChI=1S/C11H15BrN2O4S/c1-18-4-5-19(16,17)7-11(15)14-10-3-2-8(13)6-9(10)12/h2-3,6H,4-5,7,13H2,1H3,(H,14,15). The van der Waals surface area contributed by atoms with Gasteiger partial charge in [0.05, 0.1) is 18.0 Å². The van der Waals surface area contributed by atoms with Gasteiger partial charge in [-0.3, -0.25) is 4.79 Å². The van der Waals surface area contributed by atoms with E-state index in [1.807, 2.05) is 0 Å². The summed E-state index contributed by atoms with van der Waals surface area (Å²) >= 11 is 3.23. The van der Waals surface area contributed by atoms with Gasteiger partial charge in [-0.15, -0.1) is 0 Å². The average Bonchev–Trinajstić information content (AvgIpc) is 2.29. The number of nitrogens with two attached hydrogens (primary N) is 1. The van der Waals surface area contributed by atoms with E-state index >= 15 is 0 Å². The second-order valence-electron chi connectivity index (χ2n) is 3.87. The molecule has 1 rings (SSSR count). The third-order valence-corrected chi connectivity index (χ3v) is 4.36. The Morgan fingerprint density at radius 1 is 1.47 bits per heavy atom. The monoisotopic (exact) mass is 350 g/mol. The minimum atomic E-state index is -3.46. The number of anilines is 2. The maximum absolute atomic E-state index is 11.6. The Hall–Kier alpha value is -1.12. The molecule has 3 N–H and O–H groups in total. The lowest BCUT2D eigenvalue weighted by Gasteiger charge is -2.08. The summed E-state index contributed by atoms with van der Waals surface area (Å²) in [5.74, 6) is -1.35. The summed E-state index contributed by atoms with van der Waals surface area (Å²) in [7, 11) is -2.06. The van der Waals surface area contributed by atoms with Crippen LogP contribution in [0.1, 0.15) is 0 Å². The lowest BCUT2D eigenvalue weighted by Crippen LogP contribution is -2.26. The first kappa shape index (κ1) is 15.9. The molecule has 0 bridgehead atoms. The highest BCUT2D eigenvalue weighted by Gasteiger charge is 2.17. The Kier molecular flexibility index (Phi) is 5.77. The number of halogens is 1. The Labute approximate surface area is 120 Å². The van der Waals surface area contributed by atoms with Crippen molar-refractivity contribution < 1.29 is 17.9 Å². The normalized spacial score (nSPS) is 11.3. The second-order valence-corrected chi connectivity index (χ2v) is 6.91. The molecule has 0 radical (unpaired) electrons. The first-order valence-electron chi connectivity index (χ1n) is 5.38. The number of hydrogen-bond acceptors (Lipinski definition) is 5. The van der Waals surface area contributed by atoms with Crippen LogP contribution in [0.3, 0.4) is 0 Å². The Morgan fingerprint density at radius 2 is 2.16 bits per heavy atom. The van der Waals surface area contributed by atoms with Crippen molar-refractivity contribution in [3.05, 3.63) is 22.7 Å². The number of rotatable bonds is 6. The smallest absolute Gasteiger partial charge is 0.239 e. The van der Waals surface area contributed by atoms with Crippen molar-refractivity contribution >= 4 is 43.0 Å². The molecule has 0 aliphatic rings. The zero-order valence-electron chi connectivity index (χ0n) is 10.3. The van der Waals surface area contributed by atoms with Crippen molar-refractivity contribution in [3.8, 4) is 0 Å². The molecule has 0 saturated heterocycles. The zero-order valence-corrected chi connectivity index (χ0v) is 12.8. The summed E-state index contributed by atoms with van der Waals surface area (Å²) in [5.41, 5.74) is 6.58. The zero-order chi connectivity index (χ0) is 14.5. The molecule has 0 fully saturated rings. The van der Waals surface area contributed by atoms with Crippen molar-refractivity contribution in [2.45, 2.75) is 0 Å². The molecule has 6 nitrogen and oxygen atoms in total. The topological polar surface area (TPSA) is 98.5 Å². The van der Waals surface area contributed by atoms with E-state index in [0.717, 1.165) is 0 Å². The molecule has 0 aliphatic heterocycles. The molecule has 1 amide bonds. The quantitative estimate of drug-likeness (QED) is 0.746. The summed E-state index contributed by atoms with van der Waals surface area (Å²) in [6, 6.07) is 4.83. The number of nitrogens with one attached hydrogen (secondary N) is 1. The van der Waals surface area contributed by atoms with Gasteiger partial charge in [0.25, 0.3) is 0 Å². The molecule has 0 saturated carbocycles. The van der Waals surface area contributed by atoms with Crippen LogP contribution in [0, 0.1) is 0 Å². The molecule has 8 heteroatoms. The van der Waals surface area contributed by atoms with E-state index < -0.39 is 21.5 Å². The molecule has 0 heterocycles. The summed E-state index contributed by atoms with van der Waals surface area (Å²) in [4.78, 5) is 11.6. The number of ether oxygens (including phenoxy) is 1. The van der Waals surface area contributed by atoms with Crippen LogP contribution in [0.25, 0.3) is 0 Å². The van der Waals surface area contributed by atoms with Crippen LogP contribution in [0.4, 0.5) is 11.4 Å². The lowest BCUT2D eigenvalue weighted by molar-refractivity contribution is -0.113. The predicted molar refractivity (Wildman–Crippen MR) is 77.7 cm³/mol. The van der Waals surface area contributed by atoms with Crippen LogP contribution in [0.15, 0.2) is 22.7 Å². The molecule has 1 aromatic rings. The second kappa shape index (κ2) is 6.88. The first-order chi connectivity index (χ1) is 8.84. The number of hydrogen-bond donors (Lipinski definition) is 2. The van der Waals surface area contributed by atoms with Crippen molar-refractivity contribution in [3.63, 3.8) is 0 Å². The van der Waals surface area contributed by atoms with Gasteiger partial charge in [0.1, 0.15) is 5.75 Å². The van der Waals surface area contributed by atoms with Crippen LogP contribution in [-0.4, -0.2) is 39.5 Å². The fourth-order valence-corrected chi connectivity index (χ4v) is 2.83. The molecule has 106 valence electrons. The van der Waals surface area contributed by atoms with Crippen LogP contribution in [0.5, 0.6) is 0 Å². The number of benzene rings is 1. The third-order valence-electron chi connectivity index (χ3n) is 2.22. The lowest BCUT2D eigenvalue weighted by atomic mass is 10.3. The summed E-state index contributed by atoms with van der Waals surface area (Å²) in [6.07, 6.45) is 0. The molecule has 0 spiro atoms. The number of methoxy groups -OCH3 is 1. The maximum Gasteiger partial charge on any atom is 0.239 e. The number of nitrogen functional groups attached to an aromatic ring is 1. The molecular formula is C11H15BrN2O4S. The van der Waals surface area contributed by atoms with E-state index in [9.17, 15) is 13.2 Å². The van der Waals surface area contributed by atoms with Crippen LogP contribution in [0.2, 0.25) is 0 Å². The van der Waals surface area contributed by atoms with Crippen molar-refractivity contribution in [1.29, 1.82) is 0 Å². The highest BCUT2D eigenvalue weighted by atomic mass is 79.9. The summed E-state index contributed by atoms with van der Waals surface area (Å²) in [5, 5.41) is 2.51. The molecular weight excluding hydrogens is 336 g/mol. The molecule has 0 unspecified atom stereocenters. The van der Waals surface area contributed by atoms with Gasteiger partial charge in [-0.05, 0) is 34.1 Å². The number of sulfone groups is 1. The number of amides is 1. The van der Waals surface area contributed by atoms with Crippen LogP contribution < -0.4 is 11.1 Å². The van der Waals surface area contributed by atoms with Crippen molar-refractivity contribution in [2.24, 2.45) is 0 Å². The van der Waals surface area contributed by atoms with Gasteiger partial charge in [-0.25, -0.2) is 8.42 Å². The van der Waals surface area contributed by atoms with E-state index in [1.54, 1.807) is 18.2 Å². The molecule has 0 atom stereocenters. The van der Waals surface area contributed by atoms with Crippen LogP contribution >= 0.6 is 15.9 Å². The van der Waals surface area contributed by atoms with E-state index in [1.165, 1.54) is 7.11 Å².